The number of carbonyl (C=O) groups is 2. The van der Waals surface area contributed by atoms with Crippen LogP contribution in [-0.4, -0.2) is 60.9 Å². The topological polar surface area (TPSA) is 61.4 Å². The Morgan fingerprint density at radius 3 is 1.48 bits per heavy atom. The highest BCUT2D eigenvalue weighted by Crippen LogP contribution is 2.11. The van der Waals surface area contributed by atoms with Gasteiger partial charge in [-0.3, -0.25) is 9.59 Å². The molecule has 0 heterocycles. The summed E-state index contributed by atoms with van der Waals surface area (Å²) in [5.74, 6) is 1.43. The summed E-state index contributed by atoms with van der Waals surface area (Å²) in [6.07, 6.45) is 14.1. The first-order valence-electron chi connectivity index (χ1n) is 11.6. The van der Waals surface area contributed by atoms with Gasteiger partial charge in [0.15, 0.2) is 0 Å². The van der Waals surface area contributed by atoms with Gasteiger partial charge in [0.2, 0.25) is 11.8 Å². The third-order valence-corrected chi connectivity index (χ3v) is 5.45. The number of thiol groups is 2. The van der Waals surface area contributed by atoms with Crippen LogP contribution in [0.15, 0.2) is 0 Å². The molecule has 0 aliphatic heterocycles. The van der Waals surface area contributed by atoms with Crippen LogP contribution in [0.3, 0.4) is 0 Å². The molecular weight excluding hydrogens is 402 g/mol. The Balaban J connectivity index is 4.00. The second-order valence-corrected chi connectivity index (χ2v) is 8.57. The van der Waals surface area contributed by atoms with Crippen molar-refractivity contribution in [1.82, 2.24) is 15.5 Å². The molecule has 0 spiro atoms. The van der Waals surface area contributed by atoms with Crippen LogP contribution in [0.25, 0.3) is 0 Å². The maximum absolute atomic E-state index is 11.9. The van der Waals surface area contributed by atoms with E-state index in [2.05, 4.69) is 47.7 Å². The molecule has 5 nitrogen and oxygen atoms in total. The zero-order chi connectivity index (χ0) is 21.6. The molecule has 2 N–H and O–H groups in total. The van der Waals surface area contributed by atoms with Crippen LogP contribution in [0.2, 0.25) is 0 Å². The molecule has 0 aromatic rings. The van der Waals surface area contributed by atoms with E-state index in [0.717, 1.165) is 13.0 Å². The van der Waals surface area contributed by atoms with Crippen LogP contribution in [-0.2, 0) is 9.59 Å². The minimum absolute atomic E-state index is 0.0617. The van der Waals surface area contributed by atoms with E-state index >= 15 is 0 Å². The monoisotopic (exact) mass is 447 g/mol. The number of rotatable bonds is 21. The van der Waals surface area contributed by atoms with Crippen LogP contribution < -0.4 is 10.6 Å². The molecule has 0 aromatic heterocycles. The maximum atomic E-state index is 11.9. The number of nitrogens with zero attached hydrogens (tertiary/aromatic N) is 1. The molecular formula is C22H45N3O2S2. The first kappa shape index (κ1) is 28.6. The Hall–Kier alpha value is -0.400. The second-order valence-electron chi connectivity index (χ2n) is 7.67. The van der Waals surface area contributed by atoms with Gasteiger partial charge in [-0.15, -0.1) is 0 Å². The van der Waals surface area contributed by atoms with Crippen molar-refractivity contribution in [2.45, 2.75) is 84.0 Å². The van der Waals surface area contributed by atoms with E-state index in [1.54, 1.807) is 0 Å². The van der Waals surface area contributed by atoms with Gasteiger partial charge in [0.05, 0.1) is 0 Å². The quantitative estimate of drug-likeness (QED) is 0.158. The largest absolute Gasteiger partial charge is 0.355 e. The highest BCUT2D eigenvalue weighted by molar-refractivity contribution is 7.80. The molecule has 0 bridgehead atoms. The van der Waals surface area contributed by atoms with Crippen LogP contribution in [0.5, 0.6) is 0 Å². The predicted molar refractivity (Wildman–Crippen MR) is 131 cm³/mol. The van der Waals surface area contributed by atoms with E-state index in [4.69, 9.17) is 0 Å². The summed E-state index contributed by atoms with van der Waals surface area (Å²) >= 11 is 8.23. The Kier molecular flexibility index (Phi) is 22.0. The van der Waals surface area contributed by atoms with Crippen molar-refractivity contribution in [3.05, 3.63) is 0 Å². The first-order valence-corrected chi connectivity index (χ1v) is 12.9. The third kappa shape index (κ3) is 20.6. The Morgan fingerprint density at radius 2 is 1.07 bits per heavy atom. The smallest absolute Gasteiger partial charge is 0.221 e. The fourth-order valence-electron chi connectivity index (χ4n) is 3.24. The minimum atomic E-state index is 0.0617. The van der Waals surface area contributed by atoms with Crippen LogP contribution in [0.1, 0.15) is 84.0 Å². The molecule has 0 atom stereocenters. The van der Waals surface area contributed by atoms with Gasteiger partial charge in [0, 0.05) is 50.5 Å². The summed E-state index contributed by atoms with van der Waals surface area (Å²) in [7, 11) is 0. The molecule has 0 unspecified atom stereocenters. The SMILES string of the molecule is CCCCCCCCCCCCN(CCC(=O)NCCS)CCC(=O)NCCS. The summed E-state index contributed by atoms with van der Waals surface area (Å²) in [5.41, 5.74) is 0. The van der Waals surface area contributed by atoms with E-state index in [1.165, 1.54) is 57.8 Å². The average molecular weight is 448 g/mol. The molecule has 0 radical (unpaired) electrons. The van der Waals surface area contributed by atoms with Crippen molar-refractivity contribution in [2.75, 3.05) is 44.2 Å². The number of hydrogen-bond acceptors (Lipinski definition) is 5. The average Bonchev–Trinajstić information content (AvgIpc) is 2.73. The Morgan fingerprint density at radius 1 is 0.655 bits per heavy atom. The lowest BCUT2D eigenvalue weighted by atomic mass is 10.1. The standard InChI is InChI=1S/C22H45N3O2S2/c1-2-3-4-5-6-7-8-9-10-11-16-25(17-12-21(26)23-14-19-28)18-13-22(27)24-15-20-29/h28-29H,2-20H2,1H3,(H,23,26)(H,24,27). The highest BCUT2D eigenvalue weighted by Gasteiger charge is 2.10. The molecule has 0 rings (SSSR count). The summed E-state index contributed by atoms with van der Waals surface area (Å²) < 4.78 is 0. The Bertz CT molecular complexity index is 374. The van der Waals surface area contributed by atoms with E-state index in [0.29, 0.717) is 50.5 Å². The molecule has 172 valence electrons. The van der Waals surface area contributed by atoms with Crippen LogP contribution >= 0.6 is 25.3 Å². The normalized spacial score (nSPS) is 11.0. The van der Waals surface area contributed by atoms with Crippen molar-refractivity contribution < 1.29 is 9.59 Å². The summed E-state index contributed by atoms with van der Waals surface area (Å²) in [6.45, 7) is 5.83. The summed E-state index contributed by atoms with van der Waals surface area (Å²) in [5, 5.41) is 5.72. The third-order valence-electron chi connectivity index (χ3n) is 5.01. The first-order chi connectivity index (χ1) is 14.1. The summed E-state index contributed by atoms with van der Waals surface area (Å²) in [6, 6.07) is 0. The number of unbranched alkanes of at least 4 members (excludes halogenated alkanes) is 9. The van der Waals surface area contributed by atoms with Gasteiger partial charge in [-0.05, 0) is 13.0 Å². The molecule has 0 aliphatic carbocycles. The maximum Gasteiger partial charge on any atom is 0.221 e. The molecule has 7 heteroatoms. The summed E-state index contributed by atoms with van der Waals surface area (Å²) in [4.78, 5) is 26.0. The lowest BCUT2D eigenvalue weighted by Crippen LogP contribution is -2.35. The zero-order valence-corrected chi connectivity index (χ0v) is 20.4. The van der Waals surface area contributed by atoms with Crippen molar-refractivity contribution in [1.29, 1.82) is 0 Å². The van der Waals surface area contributed by atoms with Gasteiger partial charge < -0.3 is 15.5 Å². The van der Waals surface area contributed by atoms with E-state index in [-0.39, 0.29) is 11.8 Å². The molecule has 0 saturated carbocycles. The predicted octanol–water partition coefficient (Wildman–Crippen LogP) is 4.08. The molecule has 0 aliphatic rings. The number of amides is 2. The second kappa shape index (κ2) is 22.3. The number of carbonyl (C=O) groups excluding carboxylic acids is 2. The fourth-order valence-corrected chi connectivity index (χ4v) is 3.47. The number of hydrogen-bond donors (Lipinski definition) is 4. The zero-order valence-electron chi connectivity index (χ0n) is 18.6. The molecule has 0 saturated heterocycles. The van der Waals surface area contributed by atoms with Gasteiger partial charge in [-0.1, -0.05) is 64.7 Å². The fraction of sp³-hybridized carbons (Fsp3) is 0.909. The van der Waals surface area contributed by atoms with E-state index < -0.39 is 0 Å². The van der Waals surface area contributed by atoms with Gasteiger partial charge in [-0.2, -0.15) is 25.3 Å². The van der Waals surface area contributed by atoms with Crippen molar-refractivity contribution in [3.8, 4) is 0 Å². The Labute approximate surface area is 190 Å². The van der Waals surface area contributed by atoms with Gasteiger partial charge >= 0.3 is 0 Å². The van der Waals surface area contributed by atoms with Gasteiger partial charge in [0.1, 0.15) is 0 Å². The van der Waals surface area contributed by atoms with Crippen molar-refractivity contribution >= 4 is 37.1 Å². The van der Waals surface area contributed by atoms with Crippen LogP contribution in [0, 0.1) is 0 Å². The molecule has 0 fully saturated rings. The van der Waals surface area contributed by atoms with E-state index in [9.17, 15) is 9.59 Å². The van der Waals surface area contributed by atoms with Gasteiger partial charge in [0.25, 0.3) is 0 Å². The molecule has 29 heavy (non-hydrogen) atoms. The van der Waals surface area contributed by atoms with Crippen molar-refractivity contribution in [2.24, 2.45) is 0 Å². The number of nitrogens with one attached hydrogen (secondary N) is 2. The highest BCUT2D eigenvalue weighted by atomic mass is 32.1. The lowest BCUT2D eigenvalue weighted by molar-refractivity contribution is -0.121. The molecule has 0 aromatic carbocycles. The van der Waals surface area contributed by atoms with E-state index in [1.807, 2.05) is 0 Å². The minimum Gasteiger partial charge on any atom is -0.355 e. The van der Waals surface area contributed by atoms with Crippen molar-refractivity contribution in [3.63, 3.8) is 0 Å². The van der Waals surface area contributed by atoms with Crippen LogP contribution in [0.4, 0.5) is 0 Å². The van der Waals surface area contributed by atoms with Gasteiger partial charge in [-0.25, -0.2) is 0 Å². The lowest BCUT2D eigenvalue weighted by Gasteiger charge is -2.22. The molecule has 2 amide bonds.